The average molecular weight is 266 g/mol. The van der Waals surface area contributed by atoms with Crippen LogP contribution in [0.2, 0.25) is 0 Å². The van der Waals surface area contributed by atoms with Crippen molar-refractivity contribution in [3.63, 3.8) is 0 Å². The normalized spacial score (nSPS) is 31.1. The molecule has 0 aromatic carbocycles. The first kappa shape index (κ1) is 12.1. The second kappa shape index (κ2) is 4.02. The largest absolute Gasteiger partial charge is 0.390 e. The van der Waals surface area contributed by atoms with Crippen LogP contribution in [0.3, 0.4) is 0 Å². The summed E-state index contributed by atoms with van der Waals surface area (Å²) in [5.41, 5.74) is 12.0. The van der Waals surface area contributed by atoms with Crippen LogP contribution in [0, 0.1) is 0 Å². The molecule has 19 heavy (non-hydrogen) atoms. The number of aromatic nitrogens is 4. The standard InChI is InChI=1S/C10H14N6O3/c11-8-5-9(15-10(12)14-8)16(2-13-5)3-1-4(17)7(19)6(3)18/h2-4,6-7,17-19H,1H2,(H4,11,12,14,15)/t3-,4+,6+,7-/m0/s1. The van der Waals surface area contributed by atoms with Gasteiger partial charge in [0.25, 0.3) is 0 Å². The molecule has 2 heterocycles. The molecule has 102 valence electrons. The minimum atomic E-state index is -1.20. The molecule has 9 heteroatoms. The molecule has 0 saturated heterocycles. The van der Waals surface area contributed by atoms with Crippen molar-refractivity contribution in [2.75, 3.05) is 11.5 Å². The van der Waals surface area contributed by atoms with Gasteiger partial charge in [0.15, 0.2) is 11.5 Å². The molecule has 0 spiro atoms. The van der Waals surface area contributed by atoms with Crippen molar-refractivity contribution in [3.8, 4) is 0 Å². The van der Waals surface area contributed by atoms with E-state index >= 15 is 0 Å². The van der Waals surface area contributed by atoms with Crippen molar-refractivity contribution >= 4 is 22.9 Å². The predicted octanol–water partition coefficient (Wildman–Crippen LogP) is -1.98. The molecule has 4 atom stereocenters. The number of fused-ring (bicyclic) bond motifs is 1. The molecular formula is C10H14N6O3. The zero-order valence-electron chi connectivity index (χ0n) is 9.88. The topological polar surface area (TPSA) is 156 Å². The average Bonchev–Trinajstić information content (AvgIpc) is 2.86. The van der Waals surface area contributed by atoms with Gasteiger partial charge in [-0.25, -0.2) is 4.98 Å². The third-order valence-electron chi connectivity index (χ3n) is 3.44. The Balaban J connectivity index is 2.11. The van der Waals surface area contributed by atoms with E-state index in [2.05, 4.69) is 15.0 Å². The summed E-state index contributed by atoms with van der Waals surface area (Å²) in [6, 6.07) is -0.538. The van der Waals surface area contributed by atoms with Gasteiger partial charge in [-0.15, -0.1) is 0 Å². The molecule has 0 amide bonds. The molecular weight excluding hydrogens is 252 g/mol. The number of anilines is 2. The van der Waals surface area contributed by atoms with Crippen LogP contribution < -0.4 is 11.5 Å². The second-order valence-corrected chi connectivity index (χ2v) is 4.64. The van der Waals surface area contributed by atoms with Gasteiger partial charge in [0, 0.05) is 0 Å². The number of nitrogens with two attached hydrogens (primary N) is 2. The number of imidazole rings is 1. The SMILES string of the molecule is Nc1nc(N)c2ncn([C@H]3C[C@@H](O)[C@H](O)[C@@H]3O)c2n1. The van der Waals surface area contributed by atoms with Gasteiger partial charge in [0.05, 0.1) is 18.5 Å². The lowest BCUT2D eigenvalue weighted by atomic mass is 10.2. The summed E-state index contributed by atoms with van der Waals surface area (Å²) in [6.45, 7) is 0. The van der Waals surface area contributed by atoms with Crippen LogP contribution in [0.5, 0.6) is 0 Å². The van der Waals surface area contributed by atoms with E-state index in [4.69, 9.17) is 11.5 Å². The van der Waals surface area contributed by atoms with Gasteiger partial charge in [-0.3, -0.25) is 0 Å². The monoisotopic (exact) mass is 266 g/mol. The lowest BCUT2D eigenvalue weighted by Gasteiger charge is -2.17. The van der Waals surface area contributed by atoms with E-state index in [0.29, 0.717) is 11.2 Å². The fourth-order valence-electron chi connectivity index (χ4n) is 2.46. The van der Waals surface area contributed by atoms with E-state index in [9.17, 15) is 15.3 Å². The Morgan fingerprint density at radius 2 is 1.89 bits per heavy atom. The number of nitrogen functional groups attached to an aromatic ring is 2. The number of hydrogen-bond acceptors (Lipinski definition) is 8. The van der Waals surface area contributed by atoms with Crippen LogP contribution >= 0.6 is 0 Å². The lowest BCUT2D eigenvalue weighted by molar-refractivity contribution is -0.0244. The van der Waals surface area contributed by atoms with Gasteiger partial charge in [-0.2, -0.15) is 9.97 Å². The zero-order chi connectivity index (χ0) is 13.7. The Kier molecular flexibility index (Phi) is 2.55. The maximum Gasteiger partial charge on any atom is 0.224 e. The molecule has 1 saturated carbocycles. The van der Waals surface area contributed by atoms with Crippen molar-refractivity contribution in [1.82, 2.24) is 19.5 Å². The molecule has 9 nitrogen and oxygen atoms in total. The highest BCUT2D eigenvalue weighted by Gasteiger charge is 2.42. The molecule has 0 radical (unpaired) electrons. The Labute approximate surface area is 107 Å². The van der Waals surface area contributed by atoms with Crippen LogP contribution in [0.4, 0.5) is 11.8 Å². The minimum absolute atomic E-state index is 0.000309. The number of aliphatic hydroxyl groups excluding tert-OH is 3. The maximum atomic E-state index is 9.93. The first-order valence-corrected chi connectivity index (χ1v) is 5.78. The quantitative estimate of drug-likeness (QED) is 0.397. The van der Waals surface area contributed by atoms with E-state index in [-0.39, 0.29) is 18.2 Å². The highest BCUT2D eigenvalue weighted by atomic mass is 16.4. The first-order valence-electron chi connectivity index (χ1n) is 5.78. The van der Waals surface area contributed by atoms with Gasteiger partial charge in [0.1, 0.15) is 17.7 Å². The molecule has 3 rings (SSSR count). The number of rotatable bonds is 1. The summed E-state index contributed by atoms with van der Waals surface area (Å²) < 4.78 is 1.55. The van der Waals surface area contributed by atoms with Crippen molar-refractivity contribution in [2.45, 2.75) is 30.8 Å². The van der Waals surface area contributed by atoms with Crippen molar-refractivity contribution in [2.24, 2.45) is 0 Å². The molecule has 7 N–H and O–H groups in total. The van der Waals surface area contributed by atoms with Gasteiger partial charge in [-0.05, 0) is 6.42 Å². The Morgan fingerprint density at radius 1 is 1.16 bits per heavy atom. The van der Waals surface area contributed by atoms with Crippen LogP contribution in [-0.2, 0) is 0 Å². The van der Waals surface area contributed by atoms with Crippen LogP contribution in [0.1, 0.15) is 12.5 Å². The Morgan fingerprint density at radius 3 is 2.53 bits per heavy atom. The van der Waals surface area contributed by atoms with Gasteiger partial charge >= 0.3 is 0 Å². The number of aliphatic hydroxyl groups is 3. The molecule has 1 aliphatic rings. The van der Waals surface area contributed by atoms with Crippen molar-refractivity contribution in [1.29, 1.82) is 0 Å². The highest BCUT2D eigenvalue weighted by Crippen LogP contribution is 2.33. The van der Waals surface area contributed by atoms with E-state index in [1.54, 1.807) is 4.57 Å². The maximum absolute atomic E-state index is 9.93. The van der Waals surface area contributed by atoms with Gasteiger partial charge < -0.3 is 31.4 Å². The third kappa shape index (κ3) is 1.70. The number of nitrogens with zero attached hydrogens (tertiary/aromatic N) is 4. The van der Waals surface area contributed by atoms with Crippen LogP contribution in [0.15, 0.2) is 6.33 Å². The molecule has 2 aromatic rings. The third-order valence-corrected chi connectivity index (χ3v) is 3.44. The fraction of sp³-hybridized carbons (Fsp3) is 0.500. The second-order valence-electron chi connectivity index (χ2n) is 4.64. The van der Waals surface area contributed by atoms with Crippen LogP contribution in [0.25, 0.3) is 11.2 Å². The summed E-state index contributed by atoms with van der Waals surface area (Å²) in [7, 11) is 0. The lowest BCUT2D eigenvalue weighted by Crippen LogP contribution is -2.31. The predicted molar refractivity (Wildman–Crippen MR) is 65.8 cm³/mol. The summed E-state index contributed by atoms with van der Waals surface area (Å²) in [6.07, 6.45) is -1.66. The molecule has 0 unspecified atom stereocenters. The molecule has 0 bridgehead atoms. The zero-order valence-corrected chi connectivity index (χ0v) is 9.88. The summed E-state index contributed by atoms with van der Waals surface area (Å²) >= 11 is 0. The molecule has 1 fully saturated rings. The smallest absolute Gasteiger partial charge is 0.224 e. The van der Waals surface area contributed by atoms with Crippen LogP contribution in [-0.4, -0.2) is 53.2 Å². The van der Waals surface area contributed by atoms with Crippen molar-refractivity contribution in [3.05, 3.63) is 6.33 Å². The highest BCUT2D eigenvalue weighted by molar-refractivity contribution is 5.82. The molecule has 2 aromatic heterocycles. The Hall–Kier alpha value is -1.97. The van der Waals surface area contributed by atoms with E-state index in [0.717, 1.165) is 0 Å². The summed E-state index contributed by atoms with van der Waals surface area (Å²) in [4.78, 5) is 11.9. The van der Waals surface area contributed by atoms with E-state index in [1.807, 2.05) is 0 Å². The Bertz CT molecular complexity index is 629. The van der Waals surface area contributed by atoms with E-state index < -0.39 is 24.4 Å². The summed E-state index contributed by atoms with van der Waals surface area (Å²) in [5.74, 6) is 0.148. The van der Waals surface area contributed by atoms with Gasteiger partial charge in [0.2, 0.25) is 5.95 Å². The van der Waals surface area contributed by atoms with E-state index in [1.165, 1.54) is 6.33 Å². The fourth-order valence-corrected chi connectivity index (χ4v) is 2.46. The minimum Gasteiger partial charge on any atom is -0.390 e. The van der Waals surface area contributed by atoms with Gasteiger partial charge in [-0.1, -0.05) is 0 Å². The summed E-state index contributed by atoms with van der Waals surface area (Å²) in [5, 5.41) is 29.1. The number of hydrogen-bond donors (Lipinski definition) is 5. The molecule has 1 aliphatic carbocycles. The first-order chi connectivity index (χ1) is 8.99. The molecule has 0 aliphatic heterocycles. The van der Waals surface area contributed by atoms with Crippen molar-refractivity contribution < 1.29 is 15.3 Å².